The third-order valence-electron chi connectivity index (χ3n) is 6.19. The van der Waals surface area contributed by atoms with E-state index in [1.807, 2.05) is 4.90 Å². The fourth-order valence-corrected chi connectivity index (χ4v) is 5.68. The first-order chi connectivity index (χ1) is 13.4. The molecule has 3 rings (SSSR count). The number of hydrogen-bond donors (Lipinski definition) is 1. The number of morpholine rings is 1. The summed E-state index contributed by atoms with van der Waals surface area (Å²) in [4.78, 5) is 14.8. The van der Waals surface area contributed by atoms with Gasteiger partial charge in [0, 0.05) is 39.8 Å². The second kappa shape index (κ2) is 9.05. The van der Waals surface area contributed by atoms with Gasteiger partial charge in [-0.05, 0) is 44.7 Å². The number of nitrogens with one attached hydrogen (secondary N) is 1. The van der Waals surface area contributed by atoms with Crippen LogP contribution < -0.4 is 5.32 Å². The maximum absolute atomic E-state index is 13.0. The zero-order valence-corrected chi connectivity index (χ0v) is 17.4. The number of likely N-dealkylation sites (tertiary alicyclic amines) is 1. The van der Waals surface area contributed by atoms with Gasteiger partial charge in [0.1, 0.15) is 5.41 Å². The Morgan fingerprint density at radius 2 is 1.82 bits per heavy atom. The van der Waals surface area contributed by atoms with Crippen LogP contribution in [-0.4, -0.2) is 93.9 Å². The SMILES string of the molecule is CN(CC1CCN(C(=O)C2(C#N)CCNCC2)CC1)S(=O)(=O)N1CCOCC1. The van der Waals surface area contributed by atoms with E-state index in [1.165, 1.54) is 8.61 Å². The fourth-order valence-electron chi connectivity index (χ4n) is 4.28. The minimum atomic E-state index is -3.47. The normalized spacial score (nSPS) is 24.8. The van der Waals surface area contributed by atoms with Gasteiger partial charge in [-0.25, -0.2) is 0 Å². The molecule has 1 N–H and O–H groups in total. The number of carbonyl (C=O) groups is 1. The highest BCUT2D eigenvalue weighted by molar-refractivity contribution is 7.86. The summed E-state index contributed by atoms with van der Waals surface area (Å²) >= 11 is 0. The van der Waals surface area contributed by atoms with E-state index in [0.29, 0.717) is 71.9 Å². The molecule has 0 unspecified atom stereocenters. The fraction of sp³-hybridized carbons (Fsp3) is 0.889. The summed E-state index contributed by atoms with van der Waals surface area (Å²) in [6.07, 6.45) is 2.63. The molecule has 3 heterocycles. The highest BCUT2D eigenvalue weighted by atomic mass is 32.2. The Labute approximate surface area is 167 Å². The molecular formula is C18H31N5O4S. The second-order valence-electron chi connectivity index (χ2n) is 7.98. The van der Waals surface area contributed by atoms with Gasteiger partial charge in [0.2, 0.25) is 5.91 Å². The van der Waals surface area contributed by atoms with Crippen LogP contribution in [0.15, 0.2) is 0 Å². The van der Waals surface area contributed by atoms with E-state index in [4.69, 9.17) is 4.74 Å². The van der Waals surface area contributed by atoms with Gasteiger partial charge in [-0.1, -0.05) is 0 Å². The summed E-state index contributed by atoms with van der Waals surface area (Å²) in [6, 6.07) is 2.28. The van der Waals surface area contributed by atoms with Crippen LogP contribution in [0.2, 0.25) is 0 Å². The Kier molecular flexibility index (Phi) is 6.94. The maximum atomic E-state index is 13.0. The van der Waals surface area contributed by atoms with E-state index in [1.54, 1.807) is 7.05 Å². The molecular weight excluding hydrogens is 382 g/mol. The number of piperidine rings is 2. The van der Waals surface area contributed by atoms with Gasteiger partial charge in [-0.15, -0.1) is 0 Å². The third kappa shape index (κ3) is 4.49. The van der Waals surface area contributed by atoms with E-state index in [0.717, 1.165) is 12.8 Å². The van der Waals surface area contributed by atoms with Gasteiger partial charge < -0.3 is 15.0 Å². The monoisotopic (exact) mass is 413 g/mol. The molecule has 3 saturated heterocycles. The summed E-state index contributed by atoms with van der Waals surface area (Å²) in [5.41, 5.74) is -0.894. The first kappa shape index (κ1) is 21.5. The summed E-state index contributed by atoms with van der Waals surface area (Å²) in [6.45, 7) is 4.68. The van der Waals surface area contributed by atoms with E-state index >= 15 is 0 Å². The van der Waals surface area contributed by atoms with Gasteiger partial charge in [-0.2, -0.15) is 22.3 Å². The van der Waals surface area contributed by atoms with Gasteiger partial charge in [0.15, 0.2) is 0 Å². The van der Waals surface area contributed by atoms with Crippen LogP contribution >= 0.6 is 0 Å². The summed E-state index contributed by atoms with van der Waals surface area (Å²) in [5.74, 6) is 0.167. The smallest absolute Gasteiger partial charge is 0.281 e. The molecule has 0 radical (unpaired) electrons. The molecule has 0 saturated carbocycles. The molecule has 3 fully saturated rings. The Bertz CT molecular complexity index is 687. The molecule has 3 aliphatic rings. The van der Waals surface area contributed by atoms with Crippen LogP contribution in [0.25, 0.3) is 0 Å². The number of rotatable bonds is 5. The van der Waals surface area contributed by atoms with Crippen molar-refractivity contribution in [2.75, 3.05) is 66.1 Å². The number of carbonyl (C=O) groups excluding carboxylic acids is 1. The summed E-state index contributed by atoms with van der Waals surface area (Å²) in [7, 11) is -1.84. The first-order valence-corrected chi connectivity index (χ1v) is 11.5. The van der Waals surface area contributed by atoms with Crippen molar-refractivity contribution in [1.82, 2.24) is 18.8 Å². The first-order valence-electron chi connectivity index (χ1n) is 10.1. The number of hydrogen-bond acceptors (Lipinski definition) is 6. The molecule has 10 heteroatoms. The van der Waals surface area contributed by atoms with Crippen LogP contribution in [0.5, 0.6) is 0 Å². The van der Waals surface area contributed by atoms with Crippen LogP contribution in [-0.2, 0) is 19.7 Å². The summed E-state index contributed by atoms with van der Waals surface area (Å²) < 4.78 is 33.6. The van der Waals surface area contributed by atoms with E-state index < -0.39 is 15.6 Å². The van der Waals surface area contributed by atoms with Crippen molar-refractivity contribution in [1.29, 1.82) is 5.26 Å². The molecule has 0 aliphatic carbocycles. The number of ether oxygens (including phenoxy) is 1. The predicted molar refractivity (Wildman–Crippen MR) is 103 cm³/mol. The molecule has 158 valence electrons. The van der Waals surface area contributed by atoms with Crippen LogP contribution in [0.3, 0.4) is 0 Å². The van der Waals surface area contributed by atoms with Crippen molar-refractivity contribution in [2.45, 2.75) is 25.7 Å². The minimum Gasteiger partial charge on any atom is -0.379 e. The Balaban J connectivity index is 1.52. The van der Waals surface area contributed by atoms with E-state index in [-0.39, 0.29) is 11.8 Å². The van der Waals surface area contributed by atoms with Crippen molar-refractivity contribution < 1.29 is 17.9 Å². The van der Waals surface area contributed by atoms with Crippen molar-refractivity contribution in [2.24, 2.45) is 11.3 Å². The molecule has 0 bridgehead atoms. The van der Waals surface area contributed by atoms with Gasteiger partial charge >= 0.3 is 0 Å². The second-order valence-corrected chi connectivity index (χ2v) is 10.0. The van der Waals surface area contributed by atoms with Gasteiger partial charge in [0.05, 0.1) is 19.3 Å². The predicted octanol–water partition coefficient (Wildman–Crippen LogP) is -0.373. The number of nitriles is 1. The molecule has 0 spiro atoms. The lowest BCUT2D eigenvalue weighted by Crippen LogP contribution is -2.52. The molecule has 3 aliphatic heterocycles. The maximum Gasteiger partial charge on any atom is 0.281 e. The molecule has 0 aromatic heterocycles. The quantitative estimate of drug-likeness (QED) is 0.659. The average molecular weight is 414 g/mol. The van der Waals surface area contributed by atoms with Crippen molar-refractivity contribution in [3.63, 3.8) is 0 Å². The lowest BCUT2D eigenvalue weighted by Gasteiger charge is -2.39. The van der Waals surface area contributed by atoms with Crippen LogP contribution in [0, 0.1) is 22.7 Å². The molecule has 9 nitrogen and oxygen atoms in total. The molecule has 0 aromatic rings. The summed E-state index contributed by atoms with van der Waals surface area (Å²) in [5, 5.41) is 12.8. The minimum absolute atomic E-state index is 0.0516. The molecule has 28 heavy (non-hydrogen) atoms. The largest absolute Gasteiger partial charge is 0.379 e. The van der Waals surface area contributed by atoms with Crippen LogP contribution in [0.1, 0.15) is 25.7 Å². The third-order valence-corrected chi connectivity index (χ3v) is 8.14. The highest BCUT2D eigenvalue weighted by Crippen LogP contribution is 2.32. The topological polar surface area (TPSA) is 106 Å². The molecule has 1 amide bonds. The molecule has 0 atom stereocenters. The standard InChI is InChI=1S/C18H31N5O4S/c1-21(28(25,26)23-10-12-27-13-11-23)14-16-2-8-22(9-3-16)17(24)18(15-19)4-6-20-7-5-18/h16,20H,2-14H2,1H3. The van der Waals surface area contributed by atoms with Gasteiger partial charge in [-0.3, -0.25) is 4.79 Å². The van der Waals surface area contributed by atoms with Crippen molar-refractivity contribution in [3.05, 3.63) is 0 Å². The lowest BCUT2D eigenvalue weighted by atomic mass is 9.78. The van der Waals surface area contributed by atoms with Crippen molar-refractivity contribution >= 4 is 16.1 Å². The van der Waals surface area contributed by atoms with Crippen molar-refractivity contribution in [3.8, 4) is 6.07 Å². The Morgan fingerprint density at radius 1 is 1.21 bits per heavy atom. The highest BCUT2D eigenvalue weighted by Gasteiger charge is 2.43. The Morgan fingerprint density at radius 3 is 2.39 bits per heavy atom. The zero-order valence-electron chi connectivity index (χ0n) is 16.6. The lowest BCUT2D eigenvalue weighted by molar-refractivity contribution is -0.141. The van der Waals surface area contributed by atoms with Crippen LogP contribution in [0.4, 0.5) is 0 Å². The molecule has 0 aromatic carbocycles. The number of amides is 1. The van der Waals surface area contributed by atoms with E-state index in [9.17, 15) is 18.5 Å². The zero-order chi connectivity index (χ0) is 20.2. The Hall–Kier alpha value is -1.25. The van der Waals surface area contributed by atoms with Gasteiger partial charge in [0.25, 0.3) is 10.2 Å². The van der Waals surface area contributed by atoms with E-state index in [2.05, 4.69) is 11.4 Å². The number of nitrogens with zero attached hydrogens (tertiary/aromatic N) is 4. The average Bonchev–Trinajstić information content (AvgIpc) is 2.74.